The van der Waals surface area contributed by atoms with Gasteiger partial charge in [-0.2, -0.15) is 0 Å². The molecule has 136 valence electrons. The lowest BCUT2D eigenvalue weighted by molar-refractivity contribution is -0.114. The number of aliphatic hydroxyl groups is 1. The molecule has 0 aromatic heterocycles. The molecule has 0 bridgehead atoms. The molecule has 4 rings (SSSR count). The predicted molar refractivity (Wildman–Crippen MR) is 98.1 cm³/mol. The summed E-state index contributed by atoms with van der Waals surface area (Å²) in [6.45, 7) is 2.49. The van der Waals surface area contributed by atoms with E-state index in [9.17, 15) is 9.90 Å². The molecule has 2 saturated carbocycles. The second-order valence-corrected chi connectivity index (χ2v) is 8.53. The van der Waals surface area contributed by atoms with E-state index in [-0.39, 0.29) is 17.6 Å². The summed E-state index contributed by atoms with van der Waals surface area (Å²) in [5.74, 6) is 1.61. The third-order valence-electron chi connectivity index (χ3n) is 7.77. The number of carbonyl (C=O) groups is 1. The van der Waals surface area contributed by atoms with Crippen molar-refractivity contribution in [1.82, 2.24) is 0 Å². The van der Waals surface area contributed by atoms with Gasteiger partial charge < -0.3 is 9.84 Å². The van der Waals surface area contributed by atoms with Gasteiger partial charge >= 0.3 is 0 Å². The van der Waals surface area contributed by atoms with Crippen LogP contribution in [0.5, 0.6) is 0 Å². The number of methoxy groups -OCH3 is 1. The van der Waals surface area contributed by atoms with Gasteiger partial charge in [0.1, 0.15) is 0 Å². The maximum absolute atomic E-state index is 11.8. The molecule has 0 heterocycles. The van der Waals surface area contributed by atoms with E-state index in [1.54, 1.807) is 5.57 Å². The summed E-state index contributed by atoms with van der Waals surface area (Å²) >= 11 is 0. The van der Waals surface area contributed by atoms with E-state index in [1.165, 1.54) is 24.0 Å². The maximum Gasteiger partial charge on any atom is 0.156 e. The molecule has 2 fully saturated rings. The van der Waals surface area contributed by atoms with Crippen LogP contribution in [0.3, 0.4) is 0 Å². The van der Waals surface area contributed by atoms with Gasteiger partial charge in [-0.15, -0.1) is 0 Å². The van der Waals surface area contributed by atoms with Crippen LogP contribution in [-0.2, 0) is 9.53 Å². The highest BCUT2D eigenvalue weighted by atomic mass is 16.5. The summed E-state index contributed by atoms with van der Waals surface area (Å²) in [5.41, 5.74) is 4.41. The minimum atomic E-state index is -0.241. The van der Waals surface area contributed by atoms with Gasteiger partial charge in [0.05, 0.1) is 12.2 Å². The number of hydrogen-bond acceptors (Lipinski definition) is 3. The molecule has 3 nitrogen and oxygen atoms in total. The zero-order valence-electron chi connectivity index (χ0n) is 15.5. The van der Waals surface area contributed by atoms with Crippen molar-refractivity contribution in [3.05, 3.63) is 34.9 Å². The summed E-state index contributed by atoms with van der Waals surface area (Å²) < 4.78 is 6.10. The van der Waals surface area contributed by atoms with Crippen LogP contribution in [0.2, 0.25) is 0 Å². The highest BCUT2D eigenvalue weighted by Gasteiger charge is 2.60. The minimum Gasteiger partial charge on any atom is -0.392 e. The highest BCUT2D eigenvalue weighted by molar-refractivity contribution is 5.93. The van der Waals surface area contributed by atoms with E-state index in [2.05, 4.69) is 13.0 Å². The number of fused-ring (bicyclic) bond motifs is 4. The minimum absolute atomic E-state index is 0.0762. The van der Waals surface area contributed by atoms with Gasteiger partial charge in [-0.25, -0.2) is 0 Å². The molecule has 0 amide bonds. The van der Waals surface area contributed by atoms with Gasteiger partial charge in [0.2, 0.25) is 0 Å². The Morgan fingerprint density at radius 1 is 1.24 bits per heavy atom. The largest absolute Gasteiger partial charge is 0.392 e. The molecule has 25 heavy (non-hydrogen) atoms. The van der Waals surface area contributed by atoms with Crippen molar-refractivity contribution in [2.75, 3.05) is 13.7 Å². The quantitative estimate of drug-likeness (QED) is 0.785. The van der Waals surface area contributed by atoms with Crippen molar-refractivity contribution in [3.8, 4) is 0 Å². The second-order valence-electron chi connectivity index (χ2n) is 8.53. The number of aliphatic hydroxyl groups excluding tert-OH is 1. The third-order valence-corrected chi connectivity index (χ3v) is 7.77. The SMILES string of the molecule is CO[C@@]1(/C=C\CO)CC[C@H]2[C@@H]3CCC4=CC(=O)CCC4=C3CC[C@@]21C. The molecule has 4 atom stereocenters. The number of ether oxygens (including phenoxy) is 1. The van der Waals surface area contributed by atoms with Gasteiger partial charge in [0.15, 0.2) is 5.78 Å². The van der Waals surface area contributed by atoms with Gasteiger partial charge in [-0.05, 0) is 74.0 Å². The standard InChI is InChI=1S/C22H30O3/c1-21-11-8-18-17-7-5-16(24)14-15(17)4-6-19(18)20(21)9-12-22(21,25-2)10-3-13-23/h3,10,14,19-20,23H,4-9,11-13H2,1-2H3/b10-3-/t19-,20+,21+,22+/m1/s1. The van der Waals surface area contributed by atoms with Crippen LogP contribution >= 0.6 is 0 Å². The molecule has 0 unspecified atom stereocenters. The van der Waals surface area contributed by atoms with Crippen molar-refractivity contribution < 1.29 is 14.6 Å². The molecule has 4 aliphatic carbocycles. The Kier molecular flexibility index (Phi) is 4.28. The van der Waals surface area contributed by atoms with Crippen molar-refractivity contribution in [3.63, 3.8) is 0 Å². The molecule has 4 aliphatic rings. The fourth-order valence-electron chi connectivity index (χ4n) is 6.49. The molecule has 0 aromatic carbocycles. The van der Waals surface area contributed by atoms with Crippen LogP contribution in [0.4, 0.5) is 0 Å². The summed E-state index contributed by atoms with van der Waals surface area (Å²) in [6.07, 6.45) is 14.3. The zero-order chi connectivity index (χ0) is 17.7. The zero-order valence-corrected chi connectivity index (χ0v) is 15.5. The van der Waals surface area contributed by atoms with Crippen molar-refractivity contribution in [2.45, 2.75) is 63.9 Å². The van der Waals surface area contributed by atoms with Crippen molar-refractivity contribution in [1.29, 1.82) is 0 Å². The van der Waals surface area contributed by atoms with Crippen LogP contribution in [0.25, 0.3) is 0 Å². The average molecular weight is 342 g/mol. The van der Waals surface area contributed by atoms with E-state index in [0.29, 0.717) is 24.0 Å². The molecule has 0 saturated heterocycles. The third kappa shape index (κ3) is 2.43. The molecule has 0 radical (unpaired) electrons. The van der Waals surface area contributed by atoms with Gasteiger partial charge in [0, 0.05) is 18.9 Å². The first-order valence-corrected chi connectivity index (χ1v) is 9.84. The molecule has 0 aliphatic heterocycles. The van der Waals surface area contributed by atoms with E-state index in [1.807, 2.05) is 19.3 Å². The first-order chi connectivity index (χ1) is 12.0. The molecule has 0 spiro atoms. The van der Waals surface area contributed by atoms with Crippen molar-refractivity contribution >= 4 is 5.78 Å². The van der Waals surface area contributed by atoms with Crippen LogP contribution in [0.15, 0.2) is 34.9 Å². The fourth-order valence-corrected chi connectivity index (χ4v) is 6.49. The Morgan fingerprint density at radius 3 is 2.84 bits per heavy atom. The summed E-state index contributed by atoms with van der Waals surface area (Å²) in [5, 5.41) is 9.27. The lowest BCUT2D eigenvalue weighted by atomic mass is 9.55. The molecule has 0 aromatic rings. The van der Waals surface area contributed by atoms with Crippen LogP contribution in [0.1, 0.15) is 58.3 Å². The Hall–Kier alpha value is -1.19. The normalized spacial score (nSPS) is 40.8. The van der Waals surface area contributed by atoms with E-state index >= 15 is 0 Å². The number of allylic oxidation sites excluding steroid dienone is 4. The second kappa shape index (κ2) is 6.21. The Labute approximate surface area is 150 Å². The van der Waals surface area contributed by atoms with E-state index in [4.69, 9.17) is 4.74 Å². The Balaban J connectivity index is 1.71. The first-order valence-electron chi connectivity index (χ1n) is 9.84. The van der Waals surface area contributed by atoms with Crippen molar-refractivity contribution in [2.24, 2.45) is 17.3 Å². The Morgan fingerprint density at radius 2 is 2.08 bits per heavy atom. The summed E-state index contributed by atoms with van der Waals surface area (Å²) in [7, 11) is 1.83. The van der Waals surface area contributed by atoms with Crippen LogP contribution in [-0.4, -0.2) is 30.2 Å². The first kappa shape index (κ1) is 17.2. The summed E-state index contributed by atoms with van der Waals surface area (Å²) in [4.78, 5) is 11.8. The smallest absolute Gasteiger partial charge is 0.156 e. The highest BCUT2D eigenvalue weighted by Crippen LogP contribution is 2.64. The predicted octanol–water partition coefficient (Wildman–Crippen LogP) is 4.13. The van der Waals surface area contributed by atoms with Gasteiger partial charge in [0.25, 0.3) is 0 Å². The maximum atomic E-state index is 11.8. The van der Waals surface area contributed by atoms with E-state index < -0.39 is 0 Å². The van der Waals surface area contributed by atoms with Gasteiger partial charge in [-0.3, -0.25) is 4.79 Å². The fraction of sp³-hybridized carbons (Fsp3) is 0.682. The van der Waals surface area contributed by atoms with E-state index in [0.717, 1.165) is 32.1 Å². The lowest BCUT2D eigenvalue weighted by Gasteiger charge is -2.52. The molecular weight excluding hydrogens is 312 g/mol. The van der Waals surface area contributed by atoms with Gasteiger partial charge in [-0.1, -0.05) is 24.6 Å². The van der Waals surface area contributed by atoms with Crippen LogP contribution in [0, 0.1) is 17.3 Å². The number of hydrogen-bond donors (Lipinski definition) is 1. The average Bonchev–Trinajstić information content (AvgIpc) is 2.92. The lowest BCUT2D eigenvalue weighted by Crippen LogP contribution is -2.49. The number of carbonyl (C=O) groups excluding carboxylic acids is 1. The molecular formula is C22H30O3. The molecule has 1 N–H and O–H groups in total. The topological polar surface area (TPSA) is 46.5 Å². The number of ketones is 1. The number of rotatable bonds is 3. The summed E-state index contributed by atoms with van der Waals surface area (Å²) in [6, 6.07) is 0. The Bertz CT molecular complexity index is 671. The molecule has 3 heteroatoms. The van der Waals surface area contributed by atoms with Crippen LogP contribution < -0.4 is 0 Å². The monoisotopic (exact) mass is 342 g/mol.